The largest absolute Gasteiger partial charge is 0.435 e. The number of nitrogen functional groups attached to an aromatic ring is 1. The predicted octanol–water partition coefficient (Wildman–Crippen LogP) is 2.40. The molecule has 0 saturated heterocycles. The molecule has 1 aliphatic carbocycles. The molecule has 3 heterocycles. The Balaban J connectivity index is 1.56. The second kappa shape index (κ2) is 5.72. The first-order chi connectivity index (χ1) is 11.8. The molecule has 0 radical (unpaired) electrons. The zero-order valence-corrected chi connectivity index (χ0v) is 14.0. The van der Waals surface area contributed by atoms with Crippen LogP contribution in [0.3, 0.4) is 0 Å². The van der Waals surface area contributed by atoms with E-state index in [4.69, 9.17) is 5.73 Å². The third-order valence-electron chi connectivity index (χ3n) is 4.67. The number of thiazole rings is 1. The molecule has 25 heavy (non-hydrogen) atoms. The highest BCUT2D eigenvalue weighted by molar-refractivity contribution is 7.15. The van der Waals surface area contributed by atoms with Gasteiger partial charge in [-0.05, 0) is 25.3 Å². The lowest BCUT2D eigenvalue weighted by atomic mass is 9.89. The van der Waals surface area contributed by atoms with Crippen molar-refractivity contribution >= 4 is 22.4 Å². The number of amides is 1. The van der Waals surface area contributed by atoms with Gasteiger partial charge in [-0.3, -0.25) is 9.48 Å². The summed E-state index contributed by atoms with van der Waals surface area (Å²) >= 11 is 1.41. The van der Waals surface area contributed by atoms with Crippen molar-refractivity contribution < 1.29 is 18.0 Å². The van der Waals surface area contributed by atoms with Gasteiger partial charge in [-0.1, -0.05) is 0 Å². The van der Waals surface area contributed by atoms with E-state index in [0.717, 1.165) is 29.5 Å². The molecule has 1 aliphatic heterocycles. The number of nitrogens with two attached hydrogens (primary N) is 1. The Bertz CT molecular complexity index is 828. The van der Waals surface area contributed by atoms with E-state index < -0.39 is 11.9 Å². The summed E-state index contributed by atoms with van der Waals surface area (Å²) in [6, 6.07) is 1.02. The summed E-state index contributed by atoms with van der Waals surface area (Å²) in [5, 5.41) is 4.05. The van der Waals surface area contributed by atoms with Crippen LogP contribution in [0.1, 0.15) is 40.7 Å². The Hall–Kier alpha value is -2.10. The maximum absolute atomic E-state index is 12.9. The van der Waals surface area contributed by atoms with E-state index in [2.05, 4.69) is 10.1 Å². The number of carbonyl (C=O) groups is 1. The van der Waals surface area contributed by atoms with Crippen LogP contribution < -0.4 is 5.73 Å². The van der Waals surface area contributed by atoms with E-state index in [-0.39, 0.29) is 24.9 Å². The Morgan fingerprint density at radius 1 is 1.36 bits per heavy atom. The highest BCUT2D eigenvalue weighted by atomic mass is 32.1. The van der Waals surface area contributed by atoms with Gasteiger partial charge in [0.25, 0.3) is 0 Å². The summed E-state index contributed by atoms with van der Waals surface area (Å²) in [5.74, 6) is -0.443. The van der Waals surface area contributed by atoms with Crippen LogP contribution >= 0.6 is 11.3 Å². The van der Waals surface area contributed by atoms with E-state index in [9.17, 15) is 18.0 Å². The first kappa shape index (κ1) is 16.4. The van der Waals surface area contributed by atoms with Crippen LogP contribution in [-0.2, 0) is 30.5 Å². The summed E-state index contributed by atoms with van der Waals surface area (Å²) in [5.41, 5.74) is 6.01. The molecule has 0 spiro atoms. The van der Waals surface area contributed by atoms with Crippen molar-refractivity contribution in [3.63, 3.8) is 0 Å². The molecule has 0 saturated carbocycles. The van der Waals surface area contributed by atoms with Crippen molar-refractivity contribution in [1.29, 1.82) is 0 Å². The van der Waals surface area contributed by atoms with Gasteiger partial charge in [-0.25, -0.2) is 4.98 Å². The number of hydrogen-bond donors (Lipinski definition) is 1. The number of hydrogen-bond acceptors (Lipinski definition) is 5. The molecule has 0 aromatic carbocycles. The quantitative estimate of drug-likeness (QED) is 0.835. The van der Waals surface area contributed by atoms with Gasteiger partial charge in [-0.2, -0.15) is 18.3 Å². The van der Waals surface area contributed by atoms with Crippen molar-refractivity contribution in [3.8, 4) is 0 Å². The molecule has 134 valence electrons. The number of aromatic nitrogens is 3. The number of anilines is 1. The van der Waals surface area contributed by atoms with Crippen LogP contribution in [0.5, 0.6) is 0 Å². The molecule has 0 bridgehead atoms. The highest BCUT2D eigenvalue weighted by Crippen LogP contribution is 2.37. The first-order valence-corrected chi connectivity index (χ1v) is 8.82. The van der Waals surface area contributed by atoms with Crippen molar-refractivity contribution in [2.45, 2.75) is 44.4 Å². The molecule has 2 aromatic rings. The zero-order valence-electron chi connectivity index (χ0n) is 13.2. The van der Waals surface area contributed by atoms with Crippen LogP contribution in [-0.4, -0.2) is 32.1 Å². The molecule has 6 nitrogen and oxygen atoms in total. The number of alkyl halides is 3. The Labute approximate surface area is 145 Å². The first-order valence-electron chi connectivity index (χ1n) is 8.00. The summed E-state index contributed by atoms with van der Waals surface area (Å²) < 4.78 is 39.8. The zero-order chi connectivity index (χ0) is 17.8. The Morgan fingerprint density at radius 3 is 2.92 bits per heavy atom. The van der Waals surface area contributed by atoms with Gasteiger partial charge in [0.05, 0.1) is 30.4 Å². The SMILES string of the molecule is Nc1nc2c(s1)CCCC2C(=O)N1CCn2nc(C(F)(F)F)cc2C1. The Morgan fingerprint density at radius 2 is 2.16 bits per heavy atom. The lowest BCUT2D eigenvalue weighted by molar-refractivity contribution is -0.141. The number of halogens is 3. The van der Waals surface area contributed by atoms with Crippen LogP contribution in [0.2, 0.25) is 0 Å². The highest BCUT2D eigenvalue weighted by Gasteiger charge is 2.38. The molecule has 1 amide bonds. The number of aryl methyl sites for hydroxylation is 1. The standard InChI is InChI=1S/C15H16F3N5OS/c16-15(17,18)11-6-8-7-22(4-5-23(8)21-11)13(24)9-2-1-3-10-12(9)20-14(19)25-10/h6,9H,1-5,7H2,(H2,19,20). The summed E-state index contributed by atoms with van der Waals surface area (Å²) in [6.07, 6.45) is -2.03. The molecule has 0 fully saturated rings. The average molecular weight is 371 g/mol. The van der Waals surface area contributed by atoms with Crippen LogP contribution in [0.4, 0.5) is 18.3 Å². The van der Waals surface area contributed by atoms with Crippen molar-refractivity contribution in [1.82, 2.24) is 19.7 Å². The minimum absolute atomic E-state index is 0.0905. The summed E-state index contributed by atoms with van der Waals surface area (Å²) in [7, 11) is 0. The second-order valence-electron chi connectivity index (χ2n) is 6.31. The van der Waals surface area contributed by atoms with Gasteiger partial charge in [-0.15, -0.1) is 11.3 Å². The van der Waals surface area contributed by atoms with E-state index in [1.54, 1.807) is 4.90 Å². The summed E-state index contributed by atoms with van der Waals surface area (Å²) in [6.45, 7) is 0.736. The number of carbonyl (C=O) groups excluding carboxylic acids is 1. The van der Waals surface area contributed by atoms with Gasteiger partial charge >= 0.3 is 6.18 Å². The number of fused-ring (bicyclic) bond motifs is 2. The van der Waals surface area contributed by atoms with Crippen LogP contribution in [0, 0.1) is 0 Å². The third kappa shape index (κ3) is 2.88. The smallest absolute Gasteiger partial charge is 0.375 e. The van der Waals surface area contributed by atoms with E-state index >= 15 is 0 Å². The third-order valence-corrected chi connectivity index (χ3v) is 5.63. The second-order valence-corrected chi connectivity index (χ2v) is 7.42. The molecule has 2 aromatic heterocycles. The molecule has 4 rings (SSSR count). The maximum Gasteiger partial charge on any atom is 0.435 e. The topological polar surface area (TPSA) is 77.0 Å². The average Bonchev–Trinajstić information content (AvgIpc) is 3.14. The number of rotatable bonds is 1. The molecule has 2 aliphatic rings. The van der Waals surface area contributed by atoms with E-state index in [1.807, 2.05) is 0 Å². The summed E-state index contributed by atoms with van der Waals surface area (Å²) in [4.78, 5) is 19.9. The Kier molecular flexibility index (Phi) is 3.75. The van der Waals surface area contributed by atoms with Crippen LogP contribution in [0.25, 0.3) is 0 Å². The molecule has 10 heteroatoms. The number of nitrogens with zero attached hydrogens (tertiary/aromatic N) is 4. The van der Waals surface area contributed by atoms with Crippen LogP contribution in [0.15, 0.2) is 6.07 Å². The lowest BCUT2D eigenvalue weighted by Crippen LogP contribution is -2.41. The molecular formula is C15H16F3N5OS. The predicted molar refractivity (Wildman–Crippen MR) is 84.9 cm³/mol. The fourth-order valence-electron chi connectivity index (χ4n) is 3.49. The van der Waals surface area contributed by atoms with Gasteiger partial charge in [0.15, 0.2) is 10.8 Å². The molecule has 1 atom stereocenters. The lowest BCUT2D eigenvalue weighted by Gasteiger charge is -2.31. The minimum atomic E-state index is -4.48. The van der Waals surface area contributed by atoms with Gasteiger partial charge in [0.2, 0.25) is 5.91 Å². The van der Waals surface area contributed by atoms with Crippen molar-refractivity contribution in [3.05, 3.63) is 28.0 Å². The minimum Gasteiger partial charge on any atom is -0.375 e. The van der Waals surface area contributed by atoms with Gasteiger partial charge < -0.3 is 10.6 Å². The van der Waals surface area contributed by atoms with Gasteiger partial charge in [0.1, 0.15) is 0 Å². The van der Waals surface area contributed by atoms with Gasteiger partial charge in [0, 0.05) is 11.4 Å². The van der Waals surface area contributed by atoms with E-state index in [1.165, 1.54) is 16.0 Å². The maximum atomic E-state index is 12.9. The fraction of sp³-hybridized carbons (Fsp3) is 0.533. The normalized spacial score (nSPS) is 20.3. The monoisotopic (exact) mass is 371 g/mol. The molecule has 2 N–H and O–H groups in total. The van der Waals surface area contributed by atoms with Crippen molar-refractivity contribution in [2.24, 2.45) is 0 Å². The van der Waals surface area contributed by atoms with E-state index in [0.29, 0.717) is 23.8 Å². The fourth-order valence-corrected chi connectivity index (χ4v) is 4.43. The molecular weight excluding hydrogens is 355 g/mol. The molecule has 1 unspecified atom stereocenters. The van der Waals surface area contributed by atoms with Crippen molar-refractivity contribution in [2.75, 3.05) is 12.3 Å².